The zero-order chi connectivity index (χ0) is 22.6. The van der Waals surface area contributed by atoms with Gasteiger partial charge in [-0.25, -0.2) is 13.2 Å². The number of nitrogens with zero attached hydrogens (tertiary/aromatic N) is 2. The van der Waals surface area contributed by atoms with E-state index in [1.165, 1.54) is 37.4 Å². The zero-order valence-electron chi connectivity index (χ0n) is 16.3. The van der Waals surface area contributed by atoms with Gasteiger partial charge >= 0.3 is 5.97 Å². The van der Waals surface area contributed by atoms with Gasteiger partial charge in [-0.3, -0.25) is 9.59 Å². The number of sulfonamides is 1. The number of carbonyl (C=O) groups excluding carboxylic acids is 3. The second-order valence-corrected chi connectivity index (χ2v) is 9.21. The maximum atomic E-state index is 13.2. The molecule has 31 heavy (non-hydrogen) atoms. The van der Waals surface area contributed by atoms with Crippen molar-refractivity contribution in [3.05, 3.63) is 46.2 Å². The normalized spacial score (nSPS) is 16.8. The van der Waals surface area contributed by atoms with Gasteiger partial charge in [0.25, 0.3) is 0 Å². The van der Waals surface area contributed by atoms with Gasteiger partial charge in [0, 0.05) is 13.1 Å². The maximum absolute atomic E-state index is 13.2. The highest BCUT2D eigenvalue weighted by Gasteiger charge is 2.40. The molecule has 1 atom stereocenters. The smallest absolute Gasteiger partial charge is 0.350 e. The van der Waals surface area contributed by atoms with Gasteiger partial charge in [0.05, 0.1) is 29.7 Å². The quantitative estimate of drug-likeness (QED) is 0.607. The van der Waals surface area contributed by atoms with Crippen LogP contribution in [-0.4, -0.2) is 56.7 Å². The summed E-state index contributed by atoms with van der Waals surface area (Å²) in [5, 5.41) is 15.9. The van der Waals surface area contributed by atoms with Crippen molar-refractivity contribution in [1.82, 2.24) is 9.62 Å². The predicted molar refractivity (Wildman–Crippen MR) is 111 cm³/mol. The largest absolute Gasteiger partial charge is 0.465 e. The first-order valence-corrected chi connectivity index (χ1v) is 11.4. The van der Waals surface area contributed by atoms with Gasteiger partial charge in [-0.2, -0.15) is 9.57 Å². The van der Waals surface area contributed by atoms with Gasteiger partial charge in [-0.15, -0.1) is 11.3 Å². The van der Waals surface area contributed by atoms with Crippen molar-refractivity contribution in [3.63, 3.8) is 0 Å². The number of piperazine rings is 1. The summed E-state index contributed by atoms with van der Waals surface area (Å²) >= 11 is 1.07. The number of amides is 2. The van der Waals surface area contributed by atoms with Crippen LogP contribution in [0.1, 0.15) is 21.7 Å². The molecule has 2 N–H and O–H groups in total. The highest BCUT2D eigenvalue weighted by molar-refractivity contribution is 7.89. The maximum Gasteiger partial charge on any atom is 0.350 e. The van der Waals surface area contributed by atoms with Crippen molar-refractivity contribution in [1.29, 1.82) is 5.26 Å². The number of esters is 1. The monoisotopic (exact) mass is 462 g/mol. The van der Waals surface area contributed by atoms with E-state index in [0.29, 0.717) is 0 Å². The average Bonchev–Trinajstić information content (AvgIpc) is 3.22. The van der Waals surface area contributed by atoms with Gasteiger partial charge in [-0.05, 0) is 23.6 Å². The molecular weight excluding hydrogens is 444 g/mol. The Labute approximate surface area is 182 Å². The van der Waals surface area contributed by atoms with Gasteiger partial charge in [0.15, 0.2) is 0 Å². The van der Waals surface area contributed by atoms with Crippen LogP contribution in [0.3, 0.4) is 0 Å². The van der Waals surface area contributed by atoms with Crippen LogP contribution < -0.4 is 10.6 Å². The van der Waals surface area contributed by atoms with E-state index in [-0.39, 0.29) is 34.1 Å². The summed E-state index contributed by atoms with van der Waals surface area (Å²) in [7, 11) is -3.01. The lowest BCUT2D eigenvalue weighted by Gasteiger charge is -2.33. The highest BCUT2D eigenvalue weighted by Crippen LogP contribution is 2.26. The Hall–Kier alpha value is -3.27. The first-order chi connectivity index (χ1) is 14.8. The molecule has 1 aliphatic heterocycles. The Morgan fingerprint density at radius 1 is 1.35 bits per heavy atom. The minimum absolute atomic E-state index is 0.0577. The number of hydrogen-bond acceptors (Lipinski definition) is 8. The molecule has 2 aromatic rings. The molecule has 2 heterocycles. The van der Waals surface area contributed by atoms with Crippen LogP contribution in [0.4, 0.5) is 5.69 Å². The minimum atomic E-state index is -4.22. The van der Waals surface area contributed by atoms with Gasteiger partial charge in [-0.1, -0.05) is 12.1 Å². The summed E-state index contributed by atoms with van der Waals surface area (Å²) in [4.78, 5) is 36.8. The molecule has 12 heteroatoms. The molecule has 0 aliphatic carbocycles. The lowest BCUT2D eigenvalue weighted by Crippen LogP contribution is -2.58. The first-order valence-electron chi connectivity index (χ1n) is 9.04. The molecule has 0 saturated carbocycles. The van der Waals surface area contributed by atoms with Gasteiger partial charge in [0.1, 0.15) is 17.0 Å². The van der Waals surface area contributed by atoms with Crippen molar-refractivity contribution in [2.24, 2.45) is 0 Å². The Bertz CT molecular complexity index is 1170. The van der Waals surface area contributed by atoms with Crippen molar-refractivity contribution in [3.8, 4) is 6.07 Å². The topological polar surface area (TPSA) is 146 Å². The van der Waals surface area contributed by atoms with Crippen LogP contribution in [0.25, 0.3) is 0 Å². The van der Waals surface area contributed by atoms with E-state index in [9.17, 15) is 28.1 Å². The molecule has 1 fully saturated rings. The molecule has 10 nitrogen and oxygen atoms in total. The molecule has 1 saturated heterocycles. The third kappa shape index (κ3) is 4.58. The molecule has 0 unspecified atom stereocenters. The predicted octanol–water partition coefficient (Wildman–Crippen LogP) is 0.924. The summed E-state index contributed by atoms with van der Waals surface area (Å²) in [5.41, 5.74) is 0.153. The molecule has 3 rings (SSSR count). The van der Waals surface area contributed by atoms with E-state index < -0.39 is 40.3 Å². The fourth-order valence-electron chi connectivity index (χ4n) is 3.12. The molecule has 1 aromatic carbocycles. The molecule has 0 spiro atoms. The number of hydrogen-bond donors (Lipinski definition) is 2. The molecular formula is C19H18N4O6S2. The van der Waals surface area contributed by atoms with E-state index in [4.69, 9.17) is 0 Å². The number of thiophene rings is 1. The van der Waals surface area contributed by atoms with E-state index in [0.717, 1.165) is 15.6 Å². The van der Waals surface area contributed by atoms with Crippen molar-refractivity contribution >= 4 is 44.8 Å². The Kier molecular flexibility index (Phi) is 6.69. The van der Waals surface area contributed by atoms with E-state index >= 15 is 0 Å². The number of nitrogens with one attached hydrogen (secondary N) is 2. The second kappa shape index (κ2) is 9.25. The van der Waals surface area contributed by atoms with E-state index in [2.05, 4.69) is 15.4 Å². The molecule has 0 radical (unpaired) electrons. The molecule has 1 aromatic heterocycles. The first kappa shape index (κ1) is 22.4. The number of carbonyl (C=O) groups is 3. The number of benzene rings is 1. The lowest BCUT2D eigenvalue weighted by atomic mass is 10.1. The standard InChI is InChI=1S/C19H18N4O6S2/c1-29-19(26)17-13(6-9-30-17)22-16(24)10-14-18(25)21-7-8-23(14)31(27,28)15-5-3-2-4-12(15)11-20/h2-6,9,14H,7-8,10H2,1H3,(H,21,25)(H,22,24)/t14-/m0/s1. The summed E-state index contributed by atoms with van der Waals surface area (Å²) in [5.74, 6) is -1.91. The molecule has 1 aliphatic rings. The lowest BCUT2D eigenvalue weighted by molar-refractivity contribution is -0.130. The van der Waals surface area contributed by atoms with Crippen LogP contribution >= 0.6 is 11.3 Å². The van der Waals surface area contributed by atoms with Gasteiger partial charge in [0.2, 0.25) is 21.8 Å². The Morgan fingerprint density at radius 3 is 2.81 bits per heavy atom. The van der Waals surface area contributed by atoms with Crippen molar-refractivity contribution in [2.45, 2.75) is 17.4 Å². The molecule has 162 valence electrons. The van der Waals surface area contributed by atoms with Crippen LogP contribution in [0.15, 0.2) is 40.6 Å². The number of nitriles is 1. The van der Waals surface area contributed by atoms with Crippen molar-refractivity contribution < 1.29 is 27.5 Å². The second-order valence-electron chi connectivity index (χ2n) is 6.44. The highest BCUT2D eigenvalue weighted by atomic mass is 32.2. The van der Waals surface area contributed by atoms with Crippen molar-refractivity contribution in [2.75, 3.05) is 25.5 Å². The number of methoxy groups -OCH3 is 1. The summed E-state index contributed by atoms with van der Waals surface area (Å²) in [6.07, 6.45) is -0.476. The minimum Gasteiger partial charge on any atom is -0.465 e. The summed E-state index contributed by atoms with van der Waals surface area (Å²) in [6.45, 7) is 0.0135. The van der Waals surface area contributed by atoms with Gasteiger partial charge < -0.3 is 15.4 Å². The Morgan fingerprint density at radius 2 is 2.10 bits per heavy atom. The summed E-state index contributed by atoms with van der Waals surface area (Å²) in [6, 6.07) is 7.68. The number of rotatable bonds is 6. The van der Waals surface area contributed by atoms with Crippen LogP contribution in [0.2, 0.25) is 0 Å². The number of ether oxygens (including phenoxy) is 1. The van der Waals surface area contributed by atoms with Crippen LogP contribution in [0.5, 0.6) is 0 Å². The zero-order valence-corrected chi connectivity index (χ0v) is 18.0. The van der Waals surface area contributed by atoms with E-state index in [1.807, 2.05) is 6.07 Å². The number of anilines is 1. The fourth-order valence-corrected chi connectivity index (χ4v) is 5.62. The third-order valence-corrected chi connectivity index (χ3v) is 7.43. The van der Waals surface area contributed by atoms with E-state index in [1.54, 1.807) is 5.38 Å². The van der Waals surface area contributed by atoms with Crippen LogP contribution in [0, 0.1) is 11.3 Å². The summed E-state index contributed by atoms with van der Waals surface area (Å²) < 4.78 is 32.0. The SMILES string of the molecule is COC(=O)c1sccc1NC(=O)C[C@H]1C(=O)NCCN1S(=O)(=O)c1ccccc1C#N. The average molecular weight is 463 g/mol. The fraction of sp³-hybridized carbons (Fsp3) is 0.263. The Balaban J connectivity index is 1.86. The third-order valence-electron chi connectivity index (χ3n) is 4.56. The molecule has 0 bridgehead atoms. The molecule has 2 amide bonds. The van der Waals surface area contributed by atoms with Crippen LogP contribution in [-0.2, 0) is 24.3 Å².